The second-order valence-corrected chi connectivity index (χ2v) is 6.07. The van der Waals surface area contributed by atoms with Crippen LogP contribution < -0.4 is 0 Å². The highest BCUT2D eigenvalue weighted by Crippen LogP contribution is 2.03. The van der Waals surface area contributed by atoms with Crippen molar-refractivity contribution >= 4 is 15.3 Å². The molecule has 1 saturated heterocycles. The molecule has 3 heteroatoms. The van der Waals surface area contributed by atoms with Gasteiger partial charge < -0.3 is 4.90 Å². The number of hydrogen-bond donors (Lipinski definition) is 0. The maximum absolute atomic E-state index is 4.36. The molecule has 0 aromatic rings. The van der Waals surface area contributed by atoms with E-state index < -0.39 is 9.41 Å². The SMILES string of the molecule is C=S1(=NC)CCN(C)CC1. The third-order valence-corrected chi connectivity index (χ3v) is 4.75. The largest absolute Gasteiger partial charge is 0.305 e. The van der Waals surface area contributed by atoms with Crippen LogP contribution >= 0.6 is 0 Å². The second kappa shape index (κ2) is 2.93. The van der Waals surface area contributed by atoms with Gasteiger partial charge in [-0.15, -0.1) is 9.41 Å². The zero-order chi connectivity index (χ0) is 7.61. The lowest BCUT2D eigenvalue weighted by Gasteiger charge is -2.27. The van der Waals surface area contributed by atoms with E-state index in [0.29, 0.717) is 0 Å². The maximum atomic E-state index is 4.36. The quantitative estimate of drug-likeness (QED) is 0.466. The summed E-state index contributed by atoms with van der Waals surface area (Å²) in [5.74, 6) is 6.56. The Kier molecular flexibility index (Phi) is 2.36. The van der Waals surface area contributed by atoms with Gasteiger partial charge in [0.25, 0.3) is 0 Å². The first-order valence-corrected chi connectivity index (χ1v) is 5.67. The van der Waals surface area contributed by atoms with Gasteiger partial charge in [0.05, 0.1) is 0 Å². The molecule has 0 aliphatic carbocycles. The van der Waals surface area contributed by atoms with Crippen molar-refractivity contribution in [2.24, 2.45) is 4.36 Å². The Morgan fingerprint density at radius 3 is 2.30 bits per heavy atom. The summed E-state index contributed by atoms with van der Waals surface area (Å²) in [5, 5.41) is 0. The minimum Gasteiger partial charge on any atom is -0.305 e. The molecule has 1 heterocycles. The van der Waals surface area contributed by atoms with Crippen LogP contribution in [-0.4, -0.2) is 49.5 Å². The van der Waals surface area contributed by atoms with E-state index >= 15 is 0 Å². The van der Waals surface area contributed by atoms with Crippen molar-refractivity contribution in [1.29, 1.82) is 0 Å². The van der Waals surface area contributed by atoms with Gasteiger partial charge in [-0.1, -0.05) is 5.87 Å². The highest BCUT2D eigenvalue weighted by Gasteiger charge is 2.11. The molecule has 0 aromatic heterocycles. The van der Waals surface area contributed by atoms with Crippen LogP contribution in [0.5, 0.6) is 0 Å². The van der Waals surface area contributed by atoms with Crippen LogP contribution in [0.3, 0.4) is 0 Å². The fourth-order valence-corrected chi connectivity index (χ4v) is 2.92. The van der Waals surface area contributed by atoms with Crippen LogP contribution in [0.1, 0.15) is 0 Å². The Morgan fingerprint density at radius 1 is 1.40 bits per heavy atom. The van der Waals surface area contributed by atoms with Crippen molar-refractivity contribution in [3.05, 3.63) is 0 Å². The molecular formula is C7H16N2S. The normalized spacial score (nSPS) is 26.2. The molecule has 0 atom stereocenters. The maximum Gasteiger partial charge on any atom is 0.0340 e. The summed E-state index contributed by atoms with van der Waals surface area (Å²) in [6, 6.07) is 0. The zero-order valence-electron chi connectivity index (χ0n) is 6.84. The molecule has 0 spiro atoms. The second-order valence-electron chi connectivity index (χ2n) is 2.89. The third kappa shape index (κ3) is 1.73. The fraction of sp³-hybridized carbons (Fsp3) is 0.857. The molecule has 0 aromatic carbocycles. The molecule has 2 nitrogen and oxygen atoms in total. The van der Waals surface area contributed by atoms with E-state index in [1.807, 2.05) is 7.05 Å². The molecule has 1 rings (SSSR count). The molecule has 0 amide bonds. The van der Waals surface area contributed by atoms with Gasteiger partial charge in [0, 0.05) is 31.6 Å². The Morgan fingerprint density at radius 2 is 1.90 bits per heavy atom. The van der Waals surface area contributed by atoms with Crippen LogP contribution in [0.15, 0.2) is 4.36 Å². The lowest BCUT2D eigenvalue weighted by atomic mass is 10.6. The smallest absolute Gasteiger partial charge is 0.0340 e. The molecule has 1 fully saturated rings. The average molecular weight is 160 g/mol. The van der Waals surface area contributed by atoms with Gasteiger partial charge in [-0.05, 0) is 7.05 Å². The first kappa shape index (κ1) is 8.08. The van der Waals surface area contributed by atoms with E-state index in [2.05, 4.69) is 22.2 Å². The highest BCUT2D eigenvalue weighted by atomic mass is 32.2. The van der Waals surface area contributed by atoms with E-state index in [0.717, 1.165) is 0 Å². The molecule has 0 radical (unpaired) electrons. The topological polar surface area (TPSA) is 15.6 Å². The van der Waals surface area contributed by atoms with Crippen molar-refractivity contribution in [3.63, 3.8) is 0 Å². The molecule has 0 N–H and O–H groups in total. The van der Waals surface area contributed by atoms with Gasteiger partial charge in [0.1, 0.15) is 0 Å². The molecule has 0 bridgehead atoms. The van der Waals surface area contributed by atoms with Crippen molar-refractivity contribution in [3.8, 4) is 0 Å². The van der Waals surface area contributed by atoms with E-state index in [1.54, 1.807) is 0 Å². The highest BCUT2D eigenvalue weighted by molar-refractivity contribution is 8.02. The lowest BCUT2D eigenvalue weighted by molar-refractivity contribution is 0.370. The molecule has 1 aliphatic rings. The summed E-state index contributed by atoms with van der Waals surface area (Å²) in [6.45, 7) is 2.35. The minimum absolute atomic E-state index is 0.778. The third-order valence-electron chi connectivity index (χ3n) is 2.09. The summed E-state index contributed by atoms with van der Waals surface area (Å²) < 4.78 is 4.36. The standard InChI is InChI=1S/C7H16N2S/c1-8-10(3)6-4-9(2)5-7-10/h3-7H2,1-2H3. The Hall–Kier alpha value is -0.0200. The Labute approximate surface area is 63.9 Å². The van der Waals surface area contributed by atoms with Crippen LogP contribution in [0.2, 0.25) is 0 Å². The first-order chi connectivity index (χ1) is 4.66. The molecule has 0 saturated carbocycles. The van der Waals surface area contributed by atoms with Gasteiger partial charge >= 0.3 is 0 Å². The summed E-state index contributed by atoms with van der Waals surface area (Å²) in [6.07, 6.45) is 0. The van der Waals surface area contributed by atoms with Gasteiger partial charge in [0.15, 0.2) is 0 Å². The number of hydrogen-bond acceptors (Lipinski definition) is 2. The molecule has 10 heavy (non-hydrogen) atoms. The van der Waals surface area contributed by atoms with E-state index in [4.69, 9.17) is 0 Å². The summed E-state index contributed by atoms with van der Waals surface area (Å²) in [7, 11) is 3.29. The van der Waals surface area contributed by atoms with Crippen molar-refractivity contribution in [1.82, 2.24) is 4.90 Å². The van der Waals surface area contributed by atoms with Crippen LogP contribution in [0, 0.1) is 0 Å². The Bertz CT molecular complexity index is 200. The van der Waals surface area contributed by atoms with E-state index in [9.17, 15) is 0 Å². The van der Waals surface area contributed by atoms with Crippen LogP contribution in [0.4, 0.5) is 0 Å². The fourth-order valence-electron chi connectivity index (χ4n) is 1.05. The van der Waals surface area contributed by atoms with Gasteiger partial charge in [-0.25, -0.2) is 0 Å². The monoisotopic (exact) mass is 160 g/mol. The predicted molar refractivity (Wildman–Crippen MR) is 50.1 cm³/mol. The predicted octanol–water partition coefficient (Wildman–Crippen LogP) is 0.331. The molecule has 0 unspecified atom stereocenters. The molecule has 60 valence electrons. The van der Waals surface area contributed by atoms with E-state index in [1.165, 1.54) is 24.6 Å². The lowest BCUT2D eigenvalue weighted by Crippen LogP contribution is -2.37. The summed E-state index contributed by atoms with van der Waals surface area (Å²) >= 11 is 0. The average Bonchev–Trinajstić information content (AvgIpc) is 1.96. The van der Waals surface area contributed by atoms with Gasteiger partial charge in [-0.2, -0.15) is 0 Å². The summed E-state index contributed by atoms with van der Waals surface area (Å²) in [4.78, 5) is 2.35. The van der Waals surface area contributed by atoms with Gasteiger partial charge in [0.2, 0.25) is 0 Å². The Balaban J connectivity index is 2.64. The van der Waals surface area contributed by atoms with Gasteiger partial charge in [-0.3, -0.25) is 4.36 Å². The minimum atomic E-state index is -0.778. The van der Waals surface area contributed by atoms with Crippen LogP contribution in [0.25, 0.3) is 0 Å². The van der Waals surface area contributed by atoms with Crippen LogP contribution in [-0.2, 0) is 9.41 Å². The first-order valence-electron chi connectivity index (χ1n) is 3.58. The molecular weight excluding hydrogens is 144 g/mol. The van der Waals surface area contributed by atoms with Crippen molar-refractivity contribution in [2.45, 2.75) is 0 Å². The van der Waals surface area contributed by atoms with E-state index in [-0.39, 0.29) is 0 Å². The summed E-state index contributed by atoms with van der Waals surface area (Å²) in [5.41, 5.74) is 0. The molecule has 1 aliphatic heterocycles. The zero-order valence-corrected chi connectivity index (χ0v) is 7.65. The number of nitrogens with zero attached hydrogens (tertiary/aromatic N) is 2. The van der Waals surface area contributed by atoms with Crippen molar-refractivity contribution in [2.75, 3.05) is 38.7 Å². The number of rotatable bonds is 0. The van der Waals surface area contributed by atoms with Crippen molar-refractivity contribution < 1.29 is 0 Å².